The van der Waals surface area contributed by atoms with Crippen molar-refractivity contribution in [3.05, 3.63) is 62.1 Å². The van der Waals surface area contributed by atoms with Crippen molar-refractivity contribution in [2.45, 2.75) is 45.0 Å². The van der Waals surface area contributed by atoms with Crippen LogP contribution in [0.1, 0.15) is 28.8 Å². The predicted molar refractivity (Wildman–Crippen MR) is 143 cm³/mol. The van der Waals surface area contributed by atoms with Crippen LogP contribution in [0, 0.1) is 4.51 Å². The van der Waals surface area contributed by atoms with Crippen molar-refractivity contribution in [2.24, 2.45) is 0 Å². The van der Waals surface area contributed by atoms with Gasteiger partial charge in [-0.05, 0) is 42.2 Å². The molecular weight excluding hydrogens is 502 g/mol. The number of nitrogens with one attached hydrogen (secondary N) is 1. The van der Waals surface area contributed by atoms with E-state index >= 15 is 0 Å². The minimum atomic E-state index is -0.0437. The van der Waals surface area contributed by atoms with Crippen molar-refractivity contribution >= 4 is 51.3 Å². The van der Waals surface area contributed by atoms with Crippen molar-refractivity contribution in [3.8, 4) is 0 Å². The van der Waals surface area contributed by atoms with Crippen LogP contribution in [0.5, 0.6) is 0 Å². The van der Waals surface area contributed by atoms with E-state index in [1.807, 2.05) is 24.3 Å². The fraction of sp³-hybridized carbons (Fsp3) is 0.462. The molecule has 0 saturated carbocycles. The standard InChI is InChI=1S/C26H30ClN3O3S2/c27-20-5-3-18(4-6-20)14-28-24(31)12-19-15-30(16-21-2-1-9-33-21)26-23(25(19)34)13-22(35-26)17-29-7-10-32-11-8-29/h3-6,13,15,21H,1-2,7-12,14,16-17H2,(H,28,31). The largest absolute Gasteiger partial charge is 0.379 e. The summed E-state index contributed by atoms with van der Waals surface area (Å²) in [4.78, 5) is 17.7. The maximum absolute atomic E-state index is 12.8. The highest BCUT2D eigenvalue weighted by Crippen LogP contribution is 2.31. The smallest absolute Gasteiger partial charge is 0.224 e. The second kappa shape index (κ2) is 11.5. The Kier molecular flexibility index (Phi) is 8.17. The molecule has 1 atom stereocenters. The van der Waals surface area contributed by atoms with Gasteiger partial charge in [0.15, 0.2) is 0 Å². The number of thiophene rings is 1. The Morgan fingerprint density at radius 1 is 1.20 bits per heavy atom. The molecule has 2 saturated heterocycles. The van der Waals surface area contributed by atoms with Gasteiger partial charge in [-0.3, -0.25) is 9.69 Å². The third kappa shape index (κ3) is 6.31. The zero-order valence-corrected chi connectivity index (χ0v) is 22.0. The van der Waals surface area contributed by atoms with Crippen LogP contribution in [0.2, 0.25) is 5.02 Å². The first kappa shape index (κ1) is 24.9. The Labute approximate surface area is 219 Å². The summed E-state index contributed by atoms with van der Waals surface area (Å²) in [6.45, 7) is 6.42. The number of halogens is 1. The van der Waals surface area contributed by atoms with Crippen LogP contribution in [0.4, 0.5) is 0 Å². The summed E-state index contributed by atoms with van der Waals surface area (Å²) in [5.74, 6) is -0.0437. The Morgan fingerprint density at radius 3 is 2.74 bits per heavy atom. The summed E-state index contributed by atoms with van der Waals surface area (Å²) in [5, 5.41) is 4.76. The maximum Gasteiger partial charge on any atom is 0.224 e. The molecule has 0 radical (unpaired) electrons. The molecule has 0 bridgehead atoms. The third-order valence-corrected chi connectivity index (χ3v) is 8.42. The van der Waals surface area contributed by atoms with Crippen molar-refractivity contribution in [3.63, 3.8) is 0 Å². The minimum absolute atomic E-state index is 0.0437. The van der Waals surface area contributed by atoms with E-state index in [-0.39, 0.29) is 18.4 Å². The number of pyridine rings is 1. The van der Waals surface area contributed by atoms with E-state index in [9.17, 15) is 4.79 Å². The van der Waals surface area contributed by atoms with Gasteiger partial charge in [-0.15, -0.1) is 11.3 Å². The van der Waals surface area contributed by atoms with E-state index in [2.05, 4.69) is 27.0 Å². The molecule has 5 rings (SSSR count). The van der Waals surface area contributed by atoms with E-state index in [1.54, 1.807) is 11.3 Å². The number of hydrogen-bond acceptors (Lipinski definition) is 6. The molecule has 3 aromatic rings. The maximum atomic E-state index is 12.8. The molecule has 0 aliphatic carbocycles. The number of benzene rings is 1. The van der Waals surface area contributed by atoms with Gasteiger partial charge >= 0.3 is 0 Å². The molecule has 186 valence electrons. The topological polar surface area (TPSA) is 55.7 Å². The number of carbonyl (C=O) groups is 1. The van der Waals surface area contributed by atoms with Gasteiger partial charge in [-0.2, -0.15) is 0 Å². The zero-order chi connectivity index (χ0) is 24.2. The Hall–Kier alpha value is -1.81. The highest BCUT2D eigenvalue weighted by atomic mass is 35.5. The second-order valence-corrected chi connectivity index (χ2v) is 11.1. The van der Waals surface area contributed by atoms with Gasteiger partial charge in [0.1, 0.15) is 4.83 Å². The van der Waals surface area contributed by atoms with E-state index < -0.39 is 0 Å². The highest BCUT2D eigenvalue weighted by Gasteiger charge is 2.20. The molecule has 2 aromatic heterocycles. The Bertz CT molecular complexity index is 1230. The van der Waals surface area contributed by atoms with Crippen molar-refractivity contribution in [2.75, 3.05) is 32.9 Å². The molecule has 2 aliphatic rings. The monoisotopic (exact) mass is 531 g/mol. The SMILES string of the molecule is O=C(Cc1cn(CC2CCCO2)c2sc(CN3CCOCC3)cc2c1=S)NCc1ccc(Cl)cc1. The number of hydrogen-bond donors (Lipinski definition) is 1. The van der Waals surface area contributed by atoms with Crippen LogP contribution in [0.25, 0.3) is 10.2 Å². The average Bonchev–Trinajstić information content (AvgIpc) is 3.53. The lowest BCUT2D eigenvalue weighted by Gasteiger charge is -2.25. The van der Waals surface area contributed by atoms with E-state index in [0.717, 1.165) is 79.9 Å². The van der Waals surface area contributed by atoms with Crippen molar-refractivity contribution < 1.29 is 14.3 Å². The average molecular weight is 532 g/mol. The van der Waals surface area contributed by atoms with Gasteiger partial charge in [-0.25, -0.2) is 0 Å². The van der Waals surface area contributed by atoms with Gasteiger partial charge in [0.05, 0.1) is 30.2 Å². The molecule has 35 heavy (non-hydrogen) atoms. The fourth-order valence-corrected chi connectivity index (χ4v) is 6.31. The summed E-state index contributed by atoms with van der Waals surface area (Å²) in [6.07, 6.45) is 4.69. The summed E-state index contributed by atoms with van der Waals surface area (Å²) < 4.78 is 14.5. The molecule has 1 amide bonds. The normalized spacial score (nSPS) is 18.8. The third-order valence-electron chi connectivity index (χ3n) is 6.53. The first-order valence-electron chi connectivity index (χ1n) is 12.1. The number of aromatic nitrogens is 1. The van der Waals surface area contributed by atoms with Gasteiger partial charge in [0, 0.05) is 60.8 Å². The number of morpholine rings is 1. The molecule has 4 heterocycles. The summed E-state index contributed by atoms with van der Waals surface area (Å²) in [5.41, 5.74) is 1.89. The van der Waals surface area contributed by atoms with Crippen molar-refractivity contribution in [1.29, 1.82) is 0 Å². The first-order chi connectivity index (χ1) is 17.0. The lowest BCUT2D eigenvalue weighted by molar-refractivity contribution is -0.120. The van der Waals surface area contributed by atoms with Gasteiger partial charge in [-0.1, -0.05) is 36.0 Å². The number of fused-ring (bicyclic) bond motifs is 1. The minimum Gasteiger partial charge on any atom is -0.379 e. The molecule has 9 heteroatoms. The molecular formula is C26H30ClN3O3S2. The molecule has 1 aromatic carbocycles. The van der Waals surface area contributed by atoms with Crippen LogP contribution < -0.4 is 5.32 Å². The molecule has 1 unspecified atom stereocenters. The molecule has 1 N–H and O–H groups in total. The highest BCUT2D eigenvalue weighted by molar-refractivity contribution is 7.71. The second-order valence-electron chi connectivity index (χ2n) is 9.17. The van der Waals surface area contributed by atoms with Crippen LogP contribution in [0.15, 0.2) is 36.5 Å². The number of amides is 1. The van der Waals surface area contributed by atoms with Crippen LogP contribution in [0.3, 0.4) is 0 Å². The van der Waals surface area contributed by atoms with Crippen LogP contribution in [-0.4, -0.2) is 54.4 Å². The van der Waals surface area contributed by atoms with Crippen LogP contribution >= 0.6 is 35.2 Å². The molecule has 6 nitrogen and oxygen atoms in total. The molecule has 0 spiro atoms. The Morgan fingerprint density at radius 2 is 2.00 bits per heavy atom. The number of carbonyl (C=O) groups excluding carboxylic acids is 1. The number of rotatable bonds is 8. The summed E-state index contributed by atoms with van der Waals surface area (Å²) >= 11 is 13.7. The lowest BCUT2D eigenvalue weighted by atomic mass is 10.1. The predicted octanol–water partition coefficient (Wildman–Crippen LogP) is 4.96. The van der Waals surface area contributed by atoms with E-state index in [0.29, 0.717) is 11.6 Å². The summed E-state index contributed by atoms with van der Waals surface area (Å²) in [7, 11) is 0. The van der Waals surface area contributed by atoms with Gasteiger partial charge < -0.3 is 19.4 Å². The number of ether oxygens (including phenoxy) is 2. The first-order valence-corrected chi connectivity index (χ1v) is 13.7. The zero-order valence-electron chi connectivity index (χ0n) is 19.6. The molecule has 2 fully saturated rings. The van der Waals surface area contributed by atoms with Crippen molar-refractivity contribution in [1.82, 2.24) is 14.8 Å². The Balaban J connectivity index is 1.37. The van der Waals surface area contributed by atoms with Gasteiger partial charge in [0.25, 0.3) is 0 Å². The quantitative estimate of drug-likeness (QED) is 0.417. The summed E-state index contributed by atoms with van der Waals surface area (Å²) in [6, 6.07) is 9.72. The fourth-order valence-electron chi connectivity index (χ4n) is 4.65. The van der Waals surface area contributed by atoms with Gasteiger partial charge in [0.2, 0.25) is 5.91 Å². The lowest BCUT2D eigenvalue weighted by Crippen LogP contribution is -2.35. The number of nitrogens with zero attached hydrogens (tertiary/aromatic N) is 2. The van der Waals surface area contributed by atoms with E-state index in [1.165, 1.54) is 9.71 Å². The molecule has 2 aliphatic heterocycles. The van der Waals surface area contributed by atoms with Crippen LogP contribution in [-0.2, 0) is 40.3 Å². The van der Waals surface area contributed by atoms with E-state index in [4.69, 9.17) is 33.3 Å².